The van der Waals surface area contributed by atoms with Gasteiger partial charge in [0.25, 0.3) is 11.5 Å². The molecule has 0 radical (unpaired) electrons. The number of fused-ring (bicyclic) bond motifs is 1. The van der Waals surface area contributed by atoms with Crippen LogP contribution >= 0.6 is 0 Å². The second kappa shape index (κ2) is 6.12. The number of hydrogen-bond acceptors (Lipinski definition) is 4. The standard InChI is InChI=1S/C19H18N2O4/c1-13-7-10-21(14-5-6-15-16(11-14)25-12-24-15)19(23)17(13)18(22)20-8-3-2-4-9-20/h2-3,5-7,10-11H,4,8-9,12H2,1H3. The van der Waals surface area contributed by atoms with Crippen molar-refractivity contribution in [2.45, 2.75) is 13.3 Å². The Balaban J connectivity index is 1.77. The number of carbonyl (C=O) groups excluding carboxylic acids is 1. The molecule has 0 bridgehead atoms. The fraction of sp³-hybridized carbons (Fsp3) is 0.263. The van der Waals surface area contributed by atoms with E-state index >= 15 is 0 Å². The summed E-state index contributed by atoms with van der Waals surface area (Å²) in [5.41, 5.74) is 1.22. The van der Waals surface area contributed by atoms with Crippen molar-refractivity contribution in [1.29, 1.82) is 0 Å². The maximum absolute atomic E-state index is 13.0. The van der Waals surface area contributed by atoms with Crippen molar-refractivity contribution < 1.29 is 14.3 Å². The minimum Gasteiger partial charge on any atom is -0.454 e. The molecule has 1 aromatic carbocycles. The molecule has 2 aromatic rings. The van der Waals surface area contributed by atoms with Crippen molar-refractivity contribution in [2.24, 2.45) is 0 Å². The van der Waals surface area contributed by atoms with Gasteiger partial charge >= 0.3 is 0 Å². The average molecular weight is 338 g/mol. The molecule has 1 amide bonds. The molecule has 6 heteroatoms. The summed E-state index contributed by atoms with van der Waals surface area (Å²) in [5.74, 6) is 1.03. The highest BCUT2D eigenvalue weighted by Gasteiger charge is 2.23. The lowest BCUT2D eigenvalue weighted by Gasteiger charge is -2.24. The molecule has 2 aliphatic rings. The van der Waals surface area contributed by atoms with E-state index in [1.807, 2.05) is 12.2 Å². The van der Waals surface area contributed by atoms with Gasteiger partial charge in [0.05, 0.1) is 5.69 Å². The highest BCUT2D eigenvalue weighted by Crippen LogP contribution is 2.33. The van der Waals surface area contributed by atoms with Gasteiger partial charge in [0, 0.05) is 25.4 Å². The second-order valence-electron chi connectivity index (χ2n) is 6.10. The summed E-state index contributed by atoms with van der Waals surface area (Å²) in [6.45, 7) is 3.13. The molecule has 0 saturated carbocycles. The van der Waals surface area contributed by atoms with E-state index in [4.69, 9.17) is 9.47 Å². The predicted octanol–water partition coefficient (Wildman–Crippen LogP) is 2.28. The average Bonchev–Trinajstić information content (AvgIpc) is 3.10. The van der Waals surface area contributed by atoms with E-state index < -0.39 is 0 Å². The highest BCUT2D eigenvalue weighted by molar-refractivity contribution is 5.95. The first kappa shape index (κ1) is 15.5. The fourth-order valence-corrected chi connectivity index (χ4v) is 3.11. The van der Waals surface area contributed by atoms with Crippen LogP contribution in [0.4, 0.5) is 0 Å². The molecule has 0 unspecified atom stereocenters. The van der Waals surface area contributed by atoms with E-state index in [0.717, 1.165) is 6.42 Å². The largest absolute Gasteiger partial charge is 0.454 e. The number of aromatic nitrogens is 1. The Kier molecular flexibility index (Phi) is 3.80. The number of rotatable bonds is 2. The summed E-state index contributed by atoms with van der Waals surface area (Å²) in [6.07, 6.45) is 6.50. The number of nitrogens with zero attached hydrogens (tertiary/aromatic N) is 2. The lowest BCUT2D eigenvalue weighted by Crippen LogP contribution is -2.38. The normalized spacial score (nSPS) is 15.5. The number of ether oxygens (including phenoxy) is 2. The van der Waals surface area contributed by atoms with Crippen LogP contribution in [0.2, 0.25) is 0 Å². The Morgan fingerprint density at radius 3 is 2.76 bits per heavy atom. The van der Waals surface area contributed by atoms with Gasteiger partial charge in [0.15, 0.2) is 11.5 Å². The quantitative estimate of drug-likeness (QED) is 0.788. The fourth-order valence-electron chi connectivity index (χ4n) is 3.11. The third kappa shape index (κ3) is 2.69. The van der Waals surface area contributed by atoms with Crippen LogP contribution < -0.4 is 15.0 Å². The van der Waals surface area contributed by atoms with E-state index in [2.05, 4.69) is 0 Å². The maximum atomic E-state index is 13.0. The second-order valence-corrected chi connectivity index (χ2v) is 6.10. The Hall–Kier alpha value is -3.02. The van der Waals surface area contributed by atoms with Gasteiger partial charge in [-0.05, 0) is 37.1 Å². The third-order valence-electron chi connectivity index (χ3n) is 4.49. The summed E-state index contributed by atoms with van der Waals surface area (Å²) in [6, 6.07) is 7.08. The van der Waals surface area contributed by atoms with Gasteiger partial charge in [-0.3, -0.25) is 14.2 Å². The van der Waals surface area contributed by atoms with Crippen molar-refractivity contribution >= 4 is 5.91 Å². The number of pyridine rings is 1. The number of hydrogen-bond donors (Lipinski definition) is 0. The first-order valence-corrected chi connectivity index (χ1v) is 8.22. The van der Waals surface area contributed by atoms with Gasteiger partial charge in [0.2, 0.25) is 6.79 Å². The Labute approximate surface area is 144 Å². The highest BCUT2D eigenvalue weighted by atomic mass is 16.7. The molecular weight excluding hydrogens is 320 g/mol. The molecule has 0 saturated heterocycles. The van der Waals surface area contributed by atoms with E-state index in [9.17, 15) is 9.59 Å². The van der Waals surface area contributed by atoms with Crippen molar-refractivity contribution in [3.8, 4) is 17.2 Å². The van der Waals surface area contributed by atoms with Crippen molar-refractivity contribution in [2.75, 3.05) is 19.9 Å². The maximum Gasteiger partial charge on any atom is 0.268 e. The molecule has 3 heterocycles. The topological polar surface area (TPSA) is 60.8 Å². The summed E-state index contributed by atoms with van der Waals surface area (Å²) in [5, 5.41) is 0. The molecule has 2 aliphatic heterocycles. The van der Waals surface area contributed by atoms with Gasteiger partial charge in [0.1, 0.15) is 5.56 Å². The van der Waals surface area contributed by atoms with Crippen LogP contribution in [-0.2, 0) is 0 Å². The van der Waals surface area contributed by atoms with Gasteiger partial charge in [-0.1, -0.05) is 12.2 Å². The molecule has 0 atom stereocenters. The first-order chi connectivity index (χ1) is 12.1. The lowest BCUT2D eigenvalue weighted by molar-refractivity contribution is 0.0768. The molecule has 0 N–H and O–H groups in total. The zero-order chi connectivity index (χ0) is 17.4. The van der Waals surface area contributed by atoms with Crippen LogP contribution in [0.5, 0.6) is 11.5 Å². The van der Waals surface area contributed by atoms with E-state index in [1.54, 1.807) is 42.3 Å². The summed E-state index contributed by atoms with van der Waals surface area (Å²) in [7, 11) is 0. The van der Waals surface area contributed by atoms with Crippen molar-refractivity contribution in [3.05, 3.63) is 64.1 Å². The number of amides is 1. The van der Waals surface area contributed by atoms with Crippen molar-refractivity contribution in [1.82, 2.24) is 9.47 Å². The smallest absolute Gasteiger partial charge is 0.268 e. The Morgan fingerprint density at radius 1 is 1.12 bits per heavy atom. The minimum absolute atomic E-state index is 0.174. The summed E-state index contributed by atoms with van der Waals surface area (Å²) < 4.78 is 12.2. The zero-order valence-corrected chi connectivity index (χ0v) is 13.9. The molecule has 0 fully saturated rings. The van der Waals surface area contributed by atoms with E-state index in [-0.39, 0.29) is 23.8 Å². The SMILES string of the molecule is Cc1ccn(-c2ccc3c(c2)OCO3)c(=O)c1C(=O)N1CC=CCC1. The summed E-state index contributed by atoms with van der Waals surface area (Å²) in [4.78, 5) is 27.5. The lowest BCUT2D eigenvalue weighted by atomic mass is 10.1. The third-order valence-corrected chi connectivity index (χ3v) is 4.49. The molecule has 1 aromatic heterocycles. The van der Waals surface area contributed by atoms with Crippen LogP contribution in [-0.4, -0.2) is 35.3 Å². The van der Waals surface area contributed by atoms with E-state index in [0.29, 0.717) is 35.8 Å². The molecule has 25 heavy (non-hydrogen) atoms. The Morgan fingerprint density at radius 2 is 1.96 bits per heavy atom. The van der Waals surface area contributed by atoms with Crippen LogP contribution in [0.3, 0.4) is 0 Å². The number of carbonyl (C=O) groups is 1. The predicted molar refractivity (Wildman–Crippen MR) is 92.6 cm³/mol. The van der Waals surface area contributed by atoms with Gasteiger partial charge in [-0.15, -0.1) is 0 Å². The van der Waals surface area contributed by atoms with Crippen LogP contribution in [0.15, 0.2) is 47.4 Å². The summed E-state index contributed by atoms with van der Waals surface area (Å²) >= 11 is 0. The number of aryl methyl sites for hydroxylation is 1. The molecule has 6 nitrogen and oxygen atoms in total. The minimum atomic E-state index is -0.321. The van der Waals surface area contributed by atoms with Crippen LogP contribution in [0, 0.1) is 6.92 Å². The van der Waals surface area contributed by atoms with Crippen LogP contribution in [0.25, 0.3) is 5.69 Å². The molecule has 0 aliphatic carbocycles. The molecule has 4 rings (SSSR count). The molecule has 0 spiro atoms. The molecule has 128 valence electrons. The van der Waals surface area contributed by atoms with Crippen LogP contribution in [0.1, 0.15) is 22.3 Å². The van der Waals surface area contributed by atoms with Crippen molar-refractivity contribution in [3.63, 3.8) is 0 Å². The monoisotopic (exact) mass is 338 g/mol. The zero-order valence-electron chi connectivity index (χ0n) is 13.9. The molecular formula is C19H18N2O4. The van der Waals surface area contributed by atoms with Gasteiger partial charge in [-0.2, -0.15) is 0 Å². The van der Waals surface area contributed by atoms with Gasteiger partial charge < -0.3 is 14.4 Å². The van der Waals surface area contributed by atoms with E-state index in [1.165, 1.54) is 4.57 Å². The number of benzene rings is 1. The Bertz CT molecular complexity index is 930. The van der Waals surface area contributed by atoms with Gasteiger partial charge in [-0.25, -0.2) is 0 Å². The first-order valence-electron chi connectivity index (χ1n) is 8.22.